The number of hydrogen-bond acceptors (Lipinski definition) is 6. The number of benzene rings is 2. The minimum absolute atomic E-state index is 0.0626. The smallest absolute Gasteiger partial charge is 0.414 e. The van der Waals surface area contributed by atoms with E-state index in [4.69, 9.17) is 21.1 Å². The molecular formula is C20H17ClN4O4. The summed E-state index contributed by atoms with van der Waals surface area (Å²) in [5, 5.41) is 3.01. The Balaban J connectivity index is 1.62. The van der Waals surface area contributed by atoms with Gasteiger partial charge in [0.2, 0.25) is 5.95 Å². The maximum Gasteiger partial charge on any atom is 0.414 e. The van der Waals surface area contributed by atoms with Crippen LogP contribution in [0.4, 0.5) is 10.7 Å². The summed E-state index contributed by atoms with van der Waals surface area (Å²) in [7, 11) is 1.52. The van der Waals surface area contributed by atoms with Gasteiger partial charge in [-0.3, -0.25) is 15.1 Å². The Labute approximate surface area is 170 Å². The van der Waals surface area contributed by atoms with E-state index >= 15 is 0 Å². The van der Waals surface area contributed by atoms with Crippen molar-refractivity contribution in [2.75, 3.05) is 32.2 Å². The fourth-order valence-electron chi connectivity index (χ4n) is 3.11. The van der Waals surface area contributed by atoms with Gasteiger partial charge in [0.25, 0.3) is 0 Å². The number of imidazole rings is 1. The van der Waals surface area contributed by atoms with E-state index in [9.17, 15) is 9.59 Å². The van der Waals surface area contributed by atoms with Gasteiger partial charge in [0.1, 0.15) is 13.2 Å². The quantitative estimate of drug-likeness (QED) is 0.624. The third kappa shape index (κ3) is 3.85. The van der Waals surface area contributed by atoms with E-state index in [1.165, 1.54) is 7.11 Å². The molecule has 9 heteroatoms. The maximum absolute atomic E-state index is 12.2. The molecule has 0 bridgehead atoms. The number of fused-ring (bicyclic) bond motifs is 2. The van der Waals surface area contributed by atoms with Crippen LogP contribution in [-0.2, 0) is 9.47 Å². The zero-order valence-corrected chi connectivity index (χ0v) is 16.2. The molecule has 1 aliphatic heterocycles. The Hall–Kier alpha value is -3.23. The van der Waals surface area contributed by atoms with Crippen molar-refractivity contribution in [3.8, 4) is 0 Å². The molecular weight excluding hydrogens is 396 g/mol. The lowest BCUT2D eigenvalue weighted by Gasteiger charge is -2.17. The van der Waals surface area contributed by atoms with Gasteiger partial charge < -0.3 is 14.5 Å². The van der Waals surface area contributed by atoms with Gasteiger partial charge in [-0.05, 0) is 18.2 Å². The number of rotatable bonds is 5. The SMILES string of the molecule is COCCOC(=O)Nc1nc2ccc(C3=NCC(=O)c4cccc(Cl)c43)cc2[nH]1. The number of H-pyrrole nitrogens is 1. The van der Waals surface area contributed by atoms with E-state index in [1.807, 2.05) is 12.1 Å². The lowest BCUT2D eigenvalue weighted by atomic mass is 9.92. The highest BCUT2D eigenvalue weighted by Crippen LogP contribution is 2.28. The Morgan fingerprint density at radius 3 is 2.97 bits per heavy atom. The number of nitrogens with zero attached hydrogens (tertiary/aromatic N) is 2. The molecule has 0 radical (unpaired) electrons. The first-order valence-electron chi connectivity index (χ1n) is 8.86. The molecule has 2 heterocycles. The number of ketones is 1. The Morgan fingerprint density at radius 1 is 1.28 bits per heavy atom. The number of hydrogen-bond donors (Lipinski definition) is 2. The second kappa shape index (κ2) is 8.02. The zero-order valence-electron chi connectivity index (χ0n) is 15.5. The van der Waals surface area contributed by atoms with Crippen LogP contribution >= 0.6 is 11.6 Å². The predicted molar refractivity (Wildman–Crippen MR) is 109 cm³/mol. The van der Waals surface area contributed by atoms with Crippen LogP contribution in [-0.4, -0.2) is 54.4 Å². The molecule has 0 aliphatic carbocycles. The third-order valence-electron chi connectivity index (χ3n) is 4.43. The van der Waals surface area contributed by atoms with Crippen molar-refractivity contribution >= 4 is 46.2 Å². The average molecular weight is 413 g/mol. The molecule has 3 aromatic rings. The van der Waals surface area contributed by atoms with Crippen molar-refractivity contribution in [2.45, 2.75) is 0 Å². The van der Waals surface area contributed by atoms with Crippen molar-refractivity contribution in [1.29, 1.82) is 0 Å². The fourth-order valence-corrected chi connectivity index (χ4v) is 3.38. The molecule has 1 amide bonds. The molecule has 0 spiro atoms. The number of carbonyl (C=O) groups is 2. The summed E-state index contributed by atoms with van der Waals surface area (Å²) < 4.78 is 9.79. The van der Waals surface area contributed by atoms with E-state index in [-0.39, 0.29) is 24.9 Å². The molecule has 0 fully saturated rings. The highest BCUT2D eigenvalue weighted by atomic mass is 35.5. The van der Waals surface area contributed by atoms with Gasteiger partial charge in [-0.15, -0.1) is 0 Å². The highest BCUT2D eigenvalue weighted by Gasteiger charge is 2.24. The maximum atomic E-state index is 12.2. The van der Waals surface area contributed by atoms with Gasteiger partial charge in [-0.1, -0.05) is 29.8 Å². The molecule has 0 saturated carbocycles. The van der Waals surface area contributed by atoms with Gasteiger partial charge in [0, 0.05) is 23.8 Å². The number of amides is 1. The largest absolute Gasteiger partial charge is 0.447 e. The summed E-state index contributed by atoms with van der Waals surface area (Å²) in [6.45, 7) is 0.529. The van der Waals surface area contributed by atoms with Crippen LogP contribution < -0.4 is 5.32 Å². The second-order valence-corrected chi connectivity index (χ2v) is 6.73. The first-order chi connectivity index (χ1) is 14.1. The number of aromatic nitrogens is 2. The van der Waals surface area contributed by atoms with Gasteiger partial charge in [0.15, 0.2) is 5.78 Å². The van der Waals surface area contributed by atoms with E-state index in [0.29, 0.717) is 39.5 Å². The van der Waals surface area contributed by atoms with Gasteiger partial charge >= 0.3 is 6.09 Å². The number of halogens is 1. The Morgan fingerprint density at radius 2 is 2.14 bits per heavy atom. The summed E-state index contributed by atoms with van der Waals surface area (Å²) >= 11 is 6.36. The first kappa shape index (κ1) is 19.1. The molecule has 29 heavy (non-hydrogen) atoms. The molecule has 148 valence electrons. The van der Waals surface area contributed by atoms with Crippen molar-refractivity contribution < 1.29 is 19.1 Å². The molecule has 2 aromatic carbocycles. The van der Waals surface area contributed by atoms with Gasteiger partial charge in [-0.2, -0.15) is 0 Å². The van der Waals surface area contributed by atoms with E-state index in [2.05, 4.69) is 20.3 Å². The third-order valence-corrected chi connectivity index (χ3v) is 4.74. The van der Waals surface area contributed by atoms with Crippen LogP contribution in [0.3, 0.4) is 0 Å². The Kier molecular flexibility index (Phi) is 5.28. The molecule has 8 nitrogen and oxygen atoms in total. The van der Waals surface area contributed by atoms with Crippen molar-refractivity contribution in [3.63, 3.8) is 0 Å². The Bertz CT molecular complexity index is 1140. The predicted octanol–water partition coefficient (Wildman–Crippen LogP) is 3.44. The number of ether oxygens (including phenoxy) is 2. The topological polar surface area (TPSA) is 106 Å². The second-order valence-electron chi connectivity index (χ2n) is 6.32. The molecule has 4 rings (SSSR count). The number of Topliss-reactive ketones (excluding diaryl/α,β-unsaturated/α-hetero) is 1. The van der Waals surface area contributed by atoms with Crippen LogP contribution in [0, 0.1) is 0 Å². The van der Waals surface area contributed by atoms with E-state index in [1.54, 1.807) is 24.3 Å². The summed E-state index contributed by atoms with van der Waals surface area (Å²) in [6, 6.07) is 10.8. The van der Waals surface area contributed by atoms with E-state index in [0.717, 1.165) is 5.56 Å². The summed E-state index contributed by atoms with van der Waals surface area (Å²) in [5.41, 5.74) is 3.99. The standard InChI is InChI=1S/C20H17ClN4O4/c1-28-7-8-29-20(27)25-19-23-14-6-5-11(9-15(14)24-19)18-17-12(16(26)10-22-18)3-2-4-13(17)21/h2-6,9H,7-8,10H2,1H3,(H2,23,24,25,27). The van der Waals surface area contributed by atoms with Crippen molar-refractivity contribution in [3.05, 3.63) is 58.1 Å². The lowest BCUT2D eigenvalue weighted by molar-refractivity contribution is 0.1000. The number of nitrogens with one attached hydrogen (secondary N) is 2. The number of aliphatic imine (C=N–C) groups is 1. The van der Waals surface area contributed by atoms with Crippen molar-refractivity contribution in [1.82, 2.24) is 9.97 Å². The lowest BCUT2D eigenvalue weighted by Crippen LogP contribution is -2.20. The summed E-state index contributed by atoms with van der Waals surface area (Å²) in [6.07, 6.45) is -0.628. The number of methoxy groups -OCH3 is 1. The minimum Gasteiger partial charge on any atom is -0.447 e. The zero-order chi connectivity index (χ0) is 20.4. The monoisotopic (exact) mass is 412 g/mol. The molecule has 1 aromatic heterocycles. The number of anilines is 1. The molecule has 0 unspecified atom stereocenters. The first-order valence-corrected chi connectivity index (χ1v) is 9.24. The summed E-state index contributed by atoms with van der Waals surface area (Å²) in [5.74, 6) is 0.200. The fraction of sp³-hybridized carbons (Fsp3) is 0.200. The minimum atomic E-state index is -0.628. The average Bonchev–Trinajstić information content (AvgIpc) is 3.10. The van der Waals surface area contributed by atoms with Crippen LogP contribution in [0.15, 0.2) is 41.4 Å². The van der Waals surface area contributed by atoms with Crippen LogP contribution in [0.5, 0.6) is 0 Å². The van der Waals surface area contributed by atoms with Gasteiger partial charge in [0.05, 0.1) is 28.4 Å². The normalized spacial score (nSPS) is 13.2. The summed E-state index contributed by atoms with van der Waals surface area (Å²) in [4.78, 5) is 35.7. The van der Waals surface area contributed by atoms with Gasteiger partial charge in [-0.25, -0.2) is 9.78 Å². The van der Waals surface area contributed by atoms with Crippen LogP contribution in [0.1, 0.15) is 21.5 Å². The number of aromatic amines is 1. The van der Waals surface area contributed by atoms with Crippen LogP contribution in [0.2, 0.25) is 5.02 Å². The van der Waals surface area contributed by atoms with E-state index < -0.39 is 6.09 Å². The molecule has 2 N–H and O–H groups in total. The number of carbonyl (C=O) groups excluding carboxylic acids is 2. The highest BCUT2D eigenvalue weighted by molar-refractivity contribution is 6.37. The van der Waals surface area contributed by atoms with Crippen molar-refractivity contribution in [2.24, 2.45) is 4.99 Å². The molecule has 1 aliphatic rings. The van der Waals surface area contributed by atoms with Crippen LogP contribution in [0.25, 0.3) is 11.0 Å². The molecule has 0 atom stereocenters. The molecule has 0 saturated heterocycles.